The highest BCUT2D eigenvalue weighted by atomic mass is 19.4. The Labute approximate surface area is 114 Å². The van der Waals surface area contributed by atoms with Gasteiger partial charge < -0.3 is 0 Å². The Morgan fingerprint density at radius 1 is 0.810 bits per heavy atom. The number of anilines is 1. The lowest BCUT2D eigenvalue weighted by atomic mass is 10.0. The molecule has 110 valence electrons. The summed E-state index contributed by atoms with van der Waals surface area (Å²) in [5.41, 5.74) is -3.99. The number of ketones is 1. The van der Waals surface area contributed by atoms with E-state index in [-0.39, 0.29) is 5.56 Å². The molecule has 0 radical (unpaired) electrons. The standard InChI is InChI=1S/C13H5F6NO/c14-8-7(13(21)6-4-2-1-3-5-6)9(15)12(20(18)19)11(17)10(8)16/h1-5H. The Bertz CT molecular complexity index is 702. The van der Waals surface area contributed by atoms with Crippen LogP contribution in [0.3, 0.4) is 0 Å². The molecule has 0 heterocycles. The third-order valence-corrected chi connectivity index (χ3v) is 2.67. The highest BCUT2D eigenvalue weighted by Gasteiger charge is 2.33. The molecule has 0 saturated heterocycles. The fraction of sp³-hybridized carbons (Fsp3) is 0. The number of rotatable bonds is 3. The molecule has 0 aliphatic rings. The van der Waals surface area contributed by atoms with E-state index >= 15 is 0 Å². The lowest BCUT2D eigenvalue weighted by molar-refractivity contribution is 0.102. The molecule has 21 heavy (non-hydrogen) atoms. The number of halogens is 6. The van der Waals surface area contributed by atoms with Gasteiger partial charge in [-0.15, -0.1) is 0 Å². The van der Waals surface area contributed by atoms with Gasteiger partial charge in [0, 0.05) is 5.56 Å². The van der Waals surface area contributed by atoms with Crippen LogP contribution >= 0.6 is 0 Å². The van der Waals surface area contributed by atoms with Crippen LogP contribution < -0.4 is 5.34 Å². The molecule has 0 spiro atoms. The first-order valence-electron chi connectivity index (χ1n) is 5.43. The van der Waals surface area contributed by atoms with E-state index in [2.05, 4.69) is 0 Å². The van der Waals surface area contributed by atoms with Crippen molar-refractivity contribution in [2.45, 2.75) is 0 Å². The average molecular weight is 305 g/mol. The second kappa shape index (κ2) is 5.47. The van der Waals surface area contributed by atoms with Gasteiger partial charge in [-0.25, -0.2) is 17.6 Å². The van der Waals surface area contributed by atoms with Crippen LogP contribution in [0.2, 0.25) is 0 Å². The molecule has 0 atom stereocenters. The van der Waals surface area contributed by atoms with Crippen molar-refractivity contribution in [1.82, 2.24) is 0 Å². The monoisotopic (exact) mass is 305 g/mol. The number of nitrogens with zero attached hydrogens (tertiary/aromatic N) is 1. The van der Waals surface area contributed by atoms with Crippen LogP contribution in [0.4, 0.5) is 32.2 Å². The third-order valence-electron chi connectivity index (χ3n) is 2.67. The predicted octanol–water partition coefficient (Wildman–Crippen LogP) is 4.05. The summed E-state index contributed by atoms with van der Waals surface area (Å²) in [6, 6.07) is 6.47. The third kappa shape index (κ3) is 2.44. The second-order valence-corrected chi connectivity index (χ2v) is 3.91. The van der Waals surface area contributed by atoms with E-state index in [0.717, 1.165) is 12.1 Å². The zero-order valence-electron chi connectivity index (χ0n) is 10.0. The molecule has 2 aromatic carbocycles. The Morgan fingerprint density at radius 2 is 1.38 bits per heavy atom. The van der Waals surface area contributed by atoms with Crippen molar-refractivity contribution in [1.29, 1.82) is 0 Å². The summed E-state index contributed by atoms with van der Waals surface area (Å²) in [5.74, 6) is -10.5. The molecular formula is C13H5F6NO. The minimum Gasteiger partial charge on any atom is -0.288 e. The van der Waals surface area contributed by atoms with E-state index in [9.17, 15) is 31.3 Å². The van der Waals surface area contributed by atoms with E-state index in [0.29, 0.717) is 0 Å². The van der Waals surface area contributed by atoms with Gasteiger partial charge in [-0.05, 0) is 5.34 Å². The summed E-state index contributed by atoms with van der Waals surface area (Å²) in [5, 5.41) is -2.06. The van der Waals surface area contributed by atoms with Crippen LogP contribution in [-0.4, -0.2) is 5.78 Å². The van der Waals surface area contributed by atoms with Crippen molar-refractivity contribution in [3.63, 3.8) is 0 Å². The van der Waals surface area contributed by atoms with Crippen LogP contribution in [0.15, 0.2) is 30.3 Å². The lowest BCUT2D eigenvalue weighted by Gasteiger charge is -2.11. The molecule has 0 aliphatic carbocycles. The average Bonchev–Trinajstić information content (AvgIpc) is 2.45. The minimum atomic E-state index is -2.42. The number of hydrogen-bond donors (Lipinski definition) is 0. The predicted molar refractivity (Wildman–Crippen MR) is 60.8 cm³/mol. The summed E-state index contributed by atoms with van der Waals surface area (Å²) in [7, 11) is 0. The number of carbonyl (C=O) groups is 1. The van der Waals surface area contributed by atoms with Gasteiger partial charge in [-0.1, -0.05) is 39.3 Å². The summed E-state index contributed by atoms with van der Waals surface area (Å²) in [6.45, 7) is 0. The topological polar surface area (TPSA) is 20.3 Å². The maximum absolute atomic E-state index is 13.8. The molecule has 0 saturated carbocycles. The van der Waals surface area contributed by atoms with Crippen LogP contribution in [0, 0.1) is 23.3 Å². The molecule has 2 rings (SSSR count). The van der Waals surface area contributed by atoms with Crippen LogP contribution in [0.5, 0.6) is 0 Å². The summed E-state index contributed by atoms with van der Waals surface area (Å²) in [4.78, 5) is 11.9. The zero-order valence-corrected chi connectivity index (χ0v) is 10.0. The Balaban J connectivity index is 2.73. The molecule has 2 nitrogen and oxygen atoms in total. The van der Waals surface area contributed by atoms with Gasteiger partial charge in [0.25, 0.3) is 0 Å². The first kappa shape index (κ1) is 14.9. The first-order valence-corrected chi connectivity index (χ1v) is 5.43. The van der Waals surface area contributed by atoms with Gasteiger partial charge >= 0.3 is 0 Å². The lowest BCUT2D eigenvalue weighted by Crippen LogP contribution is -2.15. The normalized spacial score (nSPS) is 10.6. The maximum atomic E-state index is 13.8. The molecule has 2 aromatic rings. The molecule has 0 aliphatic heterocycles. The molecule has 0 aromatic heterocycles. The number of benzene rings is 2. The van der Waals surface area contributed by atoms with E-state index < -0.39 is 45.6 Å². The van der Waals surface area contributed by atoms with Crippen molar-refractivity contribution in [2.75, 3.05) is 5.34 Å². The Kier molecular flexibility index (Phi) is 3.88. The van der Waals surface area contributed by atoms with E-state index in [1.165, 1.54) is 18.2 Å². The molecular weight excluding hydrogens is 300 g/mol. The summed E-state index contributed by atoms with van der Waals surface area (Å²) in [6.07, 6.45) is 0. The smallest absolute Gasteiger partial charge is 0.199 e. The van der Waals surface area contributed by atoms with Crippen molar-refractivity contribution < 1.29 is 31.3 Å². The highest BCUT2D eigenvalue weighted by molar-refractivity contribution is 6.09. The summed E-state index contributed by atoms with van der Waals surface area (Å²) >= 11 is 0. The van der Waals surface area contributed by atoms with Gasteiger partial charge in [-0.2, -0.15) is 0 Å². The summed E-state index contributed by atoms with van der Waals surface area (Å²) < 4.78 is 78.5. The van der Waals surface area contributed by atoms with Crippen LogP contribution in [-0.2, 0) is 0 Å². The van der Waals surface area contributed by atoms with Crippen LogP contribution in [0.1, 0.15) is 15.9 Å². The fourth-order valence-electron chi connectivity index (χ4n) is 1.70. The highest BCUT2D eigenvalue weighted by Crippen LogP contribution is 2.32. The van der Waals surface area contributed by atoms with Crippen molar-refractivity contribution in [2.24, 2.45) is 0 Å². The van der Waals surface area contributed by atoms with Gasteiger partial charge in [0.15, 0.2) is 34.7 Å². The second-order valence-electron chi connectivity index (χ2n) is 3.91. The van der Waals surface area contributed by atoms with Crippen molar-refractivity contribution in [3.8, 4) is 0 Å². The number of hydrogen-bond acceptors (Lipinski definition) is 2. The Morgan fingerprint density at radius 3 is 1.90 bits per heavy atom. The molecule has 8 heteroatoms. The van der Waals surface area contributed by atoms with E-state index in [1.54, 1.807) is 0 Å². The zero-order chi connectivity index (χ0) is 15.7. The van der Waals surface area contributed by atoms with Gasteiger partial charge in [0.2, 0.25) is 0 Å². The maximum Gasteiger partial charge on any atom is 0.199 e. The van der Waals surface area contributed by atoms with Crippen molar-refractivity contribution in [3.05, 3.63) is 64.7 Å². The molecule has 0 unspecified atom stereocenters. The van der Waals surface area contributed by atoms with Gasteiger partial charge in [-0.3, -0.25) is 4.79 Å². The SMILES string of the molecule is O=C(c1ccccc1)c1c(F)c(F)c(F)c(N(F)F)c1F. The minimum absolute atomic E-state index is 0.267. The molecule has 0 amide bonds. The fourth-order valence-corrected chi connectivity index (χ4v) is 1.70. The van der Waals surface area contributed by atoms with Gasteiger partial charge in [0.1, 0.15) is 0 Å². The molecule has 0 fully saturated rings. The molecule has 0 bridgehead atoms. The van der Waals surface area contributed by atoms with E-state index in [1.807, 2.05) is 0 Å². The van der Waals surface area contributed by atoms with Gasteiger partial charge in [0.05, 0.1) is 5.56 Å². The Hall–Kier alpha value is -2.51. The van der Waals surface area contributed by atoms with E-state index in [4.69, 9.17) is 0 Å². The van der Waals surface area contributed by atoms with Crippen LogP contribution in [0.25, 0.3) is 0 Å². The van der Waals surface area contributed by atoms with Crippen molar-refractivity contribution >= 4 is 11.5 Å². The molecule has 0 N–H and O–H groups in total. The quantitative estimate of drug-likeness (QED) is 0.280. The first-order chi connectivity index (χ1) is 9.86. The number of carbonyl (C=O) groups excluding carboxylic acids is 1. The largest absolute Gasteiger partial charge is 0.288 e.